The second-order valence-electron chi connectivity index (χ2n) is 3.62. The van der Waals surface area contributed by atoms with Gasteiger partial charge < -0.3 is 16.4 Å². The number of fused-ring (bicyclic) bond motifs is 1. The molecule has 0 fully saturated rings. The molecule has 1 amide bonds. The highest BCUT2D eigenvalue weighted by Gasteiger charge is 2.18. The highest BCUT2D eigenvalue weighted by Crippen LogP contribution is 2.24. The van der Waals surface area contributed by atoms with Crippen molar-refractivity contribution in [1.29, 1.82) is 0 Å². The van der Waals surface area contributed by atoms with E-state index in [1.165, 1.54) is 11.3 Å². The van der Waals surface area contributed by atoms with E-state index < -0.39 is 0 Å². The van der Waals surface area contributed by atoms with Crippen molar-refractivity contribution in [3.63, 3.8) is 0 Å². The molecule has 6 nitrogen and oxygen atoms in total. The Balaban J connectivity index is 2.44. The van der Waals surface area contributed by atoms with E-state index in [1.54, 1.807) is 0 Å². The largest absolute Gasteiger partial charge is 0.368 e. The summed E-state index contributed by atoms with van der Waals surface area (Å²) in [5.41, 5.74) is 11.9. The predicted molar refractivity (Wildman–Crippen MR) is 68.0 cm³/mol. The maximum absolute atomic E-state index is 11.0. The summed E-state index contributed by atoms with van der Waals surface area (Å²) < 4.78 is 1.95. The Labute approximate surface area is 103 Å². The molecule has 2 aromatic rings. The molecular weight excluding hydrogens is 238 g/mol. The van der Waals surface area contributed by atoms with Gasteiger partial charge in [0.25, 0.3) is 0 Å². The molecule has 2 aromatic heterocycles. The van der Waals surface area contributed by atoms with Crippen LogP contribution < -0.4 is 16.4 Å². The zero-order valence-electron chi connectivity index (χ0n) is 9.59. The van der Waals surface area contributed by atoms with Crippen molar-refractivity contribution in [1.82, 2.24) is 9.38 Å². The van der Waals surface area contributed by atoms with Gasteiger partial charge in [-0.25, -0.2) is 4.98 Å². The van der Waals surface area contributed by atoms with Crippen LogP contribution >= 0.6 is 11.3 Å². The van der Waals surface area contributed by atoms with E-state index >= 15 is 0 Å². The van der Waals surface area contributed by atoms with Gasteiger partial charge in [-0.2, -0.15) is 0 Å². The lowest BCUT2D eigenvalue weighted by Gasteiger charge is -2.19. The molecule has 0 atom stereocenters. The molecule has 92 valence electrons. The number of nitrogens with zero attached hydrogens (tertiary/aromatic N) is 3. The molecule has 0 radical (unpaired) electrons. The Hall–Kier alpha value is -1.60. The number of aromatic nitrogens is 2. The van der Waals surface area contributed by atoms with E-state index in [-0.39, 0.29) is 12.5 Å². The minimum atomic E-state index is -0.369. The molecule has 17 heavy (non-hydrogen) atoms. The van der Waals surface area contributed by atoms with Gasteiger partial charge in [-0.3, -0.25) is 9.20 Å². The molecule has 0 unspecified atom stereocenters. The normalized spacial score (nSPS) is 10.9. The number of anilines is 1. The number of nitrogens with two attached hydrogens (primary N) is 2. The van der Waals surface area contributed by atoms with E-state index in [9.17, 15) is 4.79 Å². The first kappa shape index (κ1) is 11.9. The minimum absolute atomic E-state index is 0.161. The third-order valence-corrected chi connectivity index (χ3v) is 3.32. The van der Waals surface area contributed by atoms with Crippen LogP contribution in [0.2, 0.25) is 0 Å². The smallest absolute Gasteiger partial charge is 0.236 e. The van der Waals surface area contributed by atoms with Crippen LogP contribution in [0.5, 0.6) is 0 Å². The van der Waals surface area contributed by atoms with Gasteiger partial charge in [-0.05, 0) is 6.92 Å². The Morgan fingerprint density at radius 2 is 2.41 bits per heavy atom. The molecule has 2 heterocycles. The molecule has 7 heteroatoms. The van der Waals surface area contributed by atoms with Gasteiger partial charge in [0, 0.05) is 24.7 Å². The van der Waals surface area contributed by atoms with E-state index in [2.05, 4.69) is 4.98 Å². The number of imidazole rings is 1. The zero-order chi connectivity index (χ0) is 12.4. The molecule has 0 aromatic carbocycles. The summed E-state index contributed by atoms with van der Waals surface area (Å²) in [6.45, 7) is 3.16. The number of carbonyl (C=O) groups is 1. The SMILES string of the molecule is CCN(CC(N)=O)c1nc2sccn2c1CN. The highest BCUT2D eigenvalue weighted by molar-refractivity contribution is 7.15. The Bertz CT molecular complexity index is 532. The van der Waals surface area contributed by atoms with Crippen molar-refractivity contribution in [3.05, 3.63) is 17.3 Å². The van der Waals surface area contributed by atoms with Gasteiger partial charge in [0.1, 0.15) is 0 Å². The number of likely N-dealkylation sites (N-methyl/N-ethyl adjacent to an activating group) is 1. The molecule has 0 aliphatic heterocycles. The maximum atomic E-state index is 11.0. The second kappa shape index (κ2) is 4.72. The van der Waals surface area contributed by atoms with Crippen molar-refractivity contribution in [2.45, 2.75) is 13.5 Å². The van der Waals surface area contributed by atoms with Crippen LogP contribution in [0.4, 0.5) is 5.82 Å². The topological polar surface area (TPSA) is 89.6 Å². The second-order valence-corrected chi connectivity index (χ2v) is 4.50. The Kier molecular flexibility index (Phi) is 3.30. The minimum Gasteiger partial charge on any atom is -0.368 e. The molecule has 0 bridgehead atoms. The first-order valence-electron chi connectivity index (χ1n) is 5.35. The molecule has 0 saturated carbocycles. The van der Waals surface area contributed by atoms with Gasteiger partial charge in [0.05, 0.1) is 12.2 Å². The summed E-state index contributed by atoms with van der Waals surface area (Å²) in [4.78, 5) is 18.2. The average molecular weight is 253 g/mol. The van der Waals surface area contributed by atoms with Crippen LogP contribution in [0.1, 0.15) is 12.6 Å². The summed E-state index contributed by atoms with van der Waals surface area (Å²) in [6.07, 6.45) is 1.93. The van der Waals surface area contributed by atoms with Gasteiger partial charge in [-0.15, -0.1) is 11.3 Å². The quantitative estimate of drug-likeness (QED) is 0.794. The highest BCUT2D eigenvalue weighted by atomic mass is 32.1. The summed E-state index contributed by atoms with van der Waals surface area (Å²) in [5.74, 6) is 0.381. The lowest BCUT2D eigenvalue weighted by Crippen LogP contribution is -2.34. The van der Waals surface area contributed by atoms with Crippen molar-refractivity contribution in [2.75, 3.05) is 18.0 Å². The van der Waals surface area contributed by atoms with Crippen LogP contribution in [-0.4, -0.2) is 28.4 Å². The molecule has 0 aliphatic carbocycles. The standard InChI is InChI=1S/C10H15N5OS/c1-2-14(6-8(12)16)9-7(5-11)15-3-4-17-10(15)13-9/h3-4H,2,5-6,11H2,1H3,(H2,12,16). The molecular formula is C10H15N5OS. The number of hydrogen-bond donors (Lipinski definition) is 2. The number of rotatable bonds is 5. The van der Waals surface area contributed by atoms with Crippen LogP contribution in [0.25, 0.3) is 4.96 Å². The lowest BCUT2D eigenvalue weighted by atomic mass is 10.3. The number of thiazole rings is 1. The monoisotopic (exact) mass is 253 g/mol. The number of primary amides is 1. The van der Waals surface area contributed by atoms with Crippen molar-refractivity contribution in [3.8, 4) is 0 Å². The van der Waals surface area contributed by atoms with E-state index in [1.807, 2.05) is 27.8 Å². The van der Waals surface area contributed by atoms with Crippen LogP contribution in [0.15, 0.2) is 11.6 Å². The van der Waals surface area contributed by atoms with Gasteiger partial charge in [-0.1, -0.05) is 0 Å². The first-order valence-corrected chi connectivity index (χ1v) is 6.23. The first-order chi connectivity index (χ1) is 8.17. The van der Waals surface area contributed by atoms with Crippen LogP contribution in [0, 0.1) is 0 Å². The molecule has 0 spiro atoms. The lowest BCUT2D eigenvalue weighted by molar-refractivity contribution is -0.116. The fourth-order valence-electron chi connectivity index (χ4n) is 1.79. The fraction of sp³-hybridized carbons (Fsp3) is 0.400. The van der Waals surface area contributed by atoms with Gasteiger partial charge in [0.15, 0.2) is 10.8 Å². The summed E-state index contributed by atoms with van der Waals surface area (Å²) >= 11 is 1.54. The Morgan fingerprint density at radius 1 is 1.65 bits per heavy atom. The third kappa shape index (κ3) is 2.11. The zero-order valence-corrected chi connectivity index (χ0v) is 10.4. The number of carbonyl (C=O) groups excluding carboxylic acids is 1. The molecule has 0 saturated heterocycles. The summed E-state index contributed by atoms with van der Waals surface area (Å²) in [7, 11) is 0. The maximum Gasteiger partial charge on any atom is 0.236 e. The van der Waals surface area contributed by atoms with Crippen molar-refractivity contribution < 1.29 is 4.79 Å². The molecule has 2 rings (SSSR count). The van der Waals surface area contributed by atoms with Gasteiger partial charge >= 0.3 is 0 Å². The predicted octanol–water partition coefficient (Wildman–Crippen LogP) is 0.166. The summed E-state index contributed by atoms with van der Waals surface area (Å²) in [5, 5.41) is 1.95. The number of hydrogen-bond acceptors (Lipinski definition) is 5. The Morgan fingerprint density at radius 3 is 3.00 bits per heavy atom. The van der Waals surface area contributed by atoms with Gasteiger partial charge in [0.2, 0.25) is 5.91 Å². The fourth-order valence-corrected chi connectivity index (χ4v) is 2.52. The van der Waals surface area contributed by atoms with Crippen molar-refractivity contribution in [2.24, 2.45) is 11.5 Å². The molecule has 0 aliphatic rings. The van der Waals surface area contributed by atoms with Crippen LogP contribution in [0.3, 0.4) is 0 Å². The van der Waals surface area contributed by atoms with E-state index in [4.69, 9.17) is 11.5 Å². The van der Waals surface area contributed by atoms with Crippen LogP contribution in [-0.2, 0) is 11.3 Å². The molecule has 4 N–H and O–H groups in total. The third-order valence-electron chi connectivity index (χ3n) is 2.56. The van der Waals surface area contributed by atoms with E-state index in [0.29, 0.717) is 13.1 Å². The average Bonchev–Trinajstić information content (AvgIpc) is 2.84. The van der Waals surface area contributed by atoms with Crippen molar-refractivity contribution >= 4 is 28.0 Å². The summed E-state index contributed by atoms with van der Waals surface area (Å²) in [6, 6.07) is 0. The number of amides is 1. The van der Waals surface area contributed by atoms with E-state index in [0.717, 1.165) is 16.5 Å².